The third kappa shape index (κ3) is 6.41. The molecule has 6 nitrogen and oxygen atoms in total. The Kier molecular flexibility index (Phi) is 5.72. The fourth-order valence-electron chi connectivity index (χ4n) is 1.53. The number of halogens is 1. The van der Waals surface area contributed by atoms with Crippen LogP contribution < -0.4 is 10.0 Å². The number of nitrogens with zero attached hydrogens (tertiary/aromatic N) is 1. The highest BCUT2D eigenvalue weighted by Crippen LogP contribution is 2.23. The van der Waals surface area contributed by atoms with Gasteiger partial charge in [-0.1, -0.05) is 32.4 Å². The minimum atomic E-state index is -3.25. The molecule has 118 valence electrons. The minimum Gasteiger partial charge on any atom is -0.351 e. The van der Waals surface area contributed by atoms with Crippen molar-refractivity contribution in [3.05, 3.63) is 28.5 Å². The first-order valence-corrected chi connectivity index (χ1v) is 8.67. The lowest BCUT2D eigenvalue weighted by molar-refractivity contribution is 0.0954. The summed E-state index contributed by atoms with van der Waals surface area (Å²) in [6.45, 7) is 6.25. The van der Waals surface area contributed by atoms with Crippen LogP contribution in [-0.4, -0.2) is 38.7 Å². The Morgan fingerprint density at radius 3 is 2.43 bits per heavy atom. The van der Waals surface area contributed by atoms with E-state index >= 15 is 0 Å². The van der Waals surface area contributed by atoms with Gasteiger partial charge in [0.25, 0.3) is 5.91 Å². The average molecular weight is 334 g/mol. The van der Waals surface area contributed by atoms with Crippen molar-refractivity contribution in [2.75, 3.05) is 19.3 Å². The monoisotopic (exact) mass is 333 g/mol. The number of pyridine rings is 1. The first kappa shape index (κ1) is 17.9. The van der Waals surface area contributed by atoms with E-state index in [0.717, 1.165) is 11.9 Å². The summed E-state index contributed by atoms with van der Waals surface area (Å²) in [5, 5.41) is 2.88. The van der Waals surface area contributed by atoms with E-state index in [-0.39, 0.29) is 29.6 Å². The molecule has 0 aromatic carbocycles. The van der Waals surface area contributed by atoms with Crippen LogP contribution in [-0.2, 0) is 15.4 Å². The molecule has 8 heteroatoms. The molecule has 0 saturated heterocycles. The van der Waals surface area contributed by atoms with Gasteiger partial charge in [0.15, 0.2) is 0 Å². The van der Waals surface area contributed by atoms with Crippen molar-refractivity contribution in [1.82, 2.24) is 15.0 Å². The van der Waals surface area contributed by atoms with Crippen molar-refractivity contribution in [1.29, 1.82) is 0 Å². The molecule has 2 N–H and O–H groups in total. The van der Waals surface area contributed by atoms with E-state index in [1.54, 1.807) is 6.07 Å². The molecular weight excluding hydrogens is 314 g/mol. The van der Waals surface area contributed by atoms with E-state index in [4.69, 9.17) is 11.6 Å². The van der Waals surface area contributed by atoms with Crippen molar-refractivity contribution < 1.29 is 13.2 Å². The molecule has 0 saturated carbocycles. The summed E-state index contributed by atoms with van der Waals surface area (Å²) in [4.78, 5) is 16.2. The number of hydrogen-bond donors (Lipinski definition) is 2. The van der Waals surface area contributed by atoms with Gasteiger partial charge in [-0.3, -0.25) is 4.79 Å². The molecule has 1 aromatic rings. The van der Waals surface area contributed by atoms with Gasteiger partial charge in [-0.15, -0.1) is 0 Å². The SMILES string of the molecule is CC(C)(C)c1cc(C(=O)NCCNS(C)(=O)=O)cc(Cl)n1. The molecular formula is C13H20ClN3O3S. The normalized spacial score (nSPS) is 12.2. The third-order valence-corrected chi connectivity index (χ3v) is 3.52. The fraction of sp³-hybridized carbons (Fsp3) is 0.538. The maximum atomic E-state index is 12.0. The van der Waals surface area contributed by atoms with Crippen molar-refractivity contribution >= 4 is 27.5 Å². The first-order valence-electron chi connectivity index (χ1n) is 6.40. The van der Waals surface area contributed by atoms with Gasteiger partial charge in [-0.25, -0.2) is 18.1 Å². The van der Waals surface area contributed by atoms with E-state index in [1.165, 1.54) is 6.07 Å². The van der Waals surface area contributed by atoms with Crippen LogP contribution in [0, 0.1) is 0 Å². The summed E-state index contributed by atoms with van der Waals surface area (Å²) < 4.78 is 24.1. The highest BCUT2D eigenvalue weighted by Gasteiger charge is 2.18. The molecule has 0 atom stereocenters. The van der Waals surface area contributed by atoms with Crippen LogP contribution in [0.25, 0.3) is 0 Å². The van der Waals surface area contributed by atoms with Gasteiger partial charge in [0.1, 0.15) is 5.15 Å². The number of sulfonamides is 1. The number of rotatable bonds is 5. The third-order valence-electron chi connectivity index (χ3n) is 2.60. The van der Waals surface area contributed by atoms with Gasteiger partial charge >= 0.3 is 0 Å². The van der Waals surface area contributed by atoms with Gasteiger partial charge < -0.3 is 5.32 Å². The molecule has 1 rings (SSSR count). The first-order chi connectivity index (χ1) is 9.49. The number of carbonyl (C=O) groups excluding carboxylic acids is 1. The Labute approximate surface area is 130 Å². The molecule has 0 fully saturated rings. The van der Waals surface area contributed by atoms with Crippen molar-refractivity contribution in [3.8, 4) is 0 Å². The number of nitrogens with one attached hydrogen (secondary N) is 2. The van der Waals surface area contributed by atoms with Crippen LogP contribution in [0.15, 0.2) is 12.1 Å². The Morgan fingerprint density at radius 2 is 1.90 bits per heavy atom. The zero-order valence-electron chi connectivity index (χ0n) is 12.5. The van der Waals surface area contributed by atoms with Crippen LogP contribution in [0.1, 0.15) is 36.8 Å². The summed E-state index contributed by atoms with van der Waals surface area (Å²) in [6.07, 6.45) is 1.06. The summed E-state index contributed by atoms with van der Waals surface area (Å²) >= 11 is 5.94. The Morgan fingerprint density at radius 1 is 1.29 bits per heavy atom. The summed E-state index contributed by atoms with van der Waals surface area (Å²) in [6, 6.07) is 3.17. The van der Waals surface area contributed by atoms with Gasteiger partial charge in [-0.2, -0.15) is 0 Å². The Bertz CT molecular complexity index is 624. The zero-order valence-corrected chi connectivity index (χ0v) is 14.1. The predicted molar refractivity (Wildman–Crippen MR) is 83.1 cm³/mol. The maximum Gasteiger partial charge on any atom is 0.251 e. The largest absolute Gasteiger partial charge is 0.351 e. The second-order valence-corrected chi connectivity index (χ2v) is 7.96. The minimum absolute atomic E-state index is 0.134. The van der Waals surface area contributed by atoms with Gasteiger partial charge in [0.2, 0.25) is 10.0 Å². The smallest absolute Gasteiger partial charge is 0.251 e. The molecule has 0 bridgehead atoms. The molecule has 1 aromatic heterocycles. The lowest BCUT2D eigenvalue weighted by Gasteiger charge is -2.18. The Hall–Kier alpha value is -1.18. The zero-order chi connectivity index (χ0) is 16.3. The van der Waals surface area contributed by atoms with Gasteiger partial charge in [0, 0.05) is 29.8 Å². The molecule has 1 amide bonds. The van der Waals surface area contributed by atoms with Crippen LogP contribution >= 0.6 is 11.6 Å². The second-order valence-electron chi connectivity index (χ2n) is 5.74. The van der Waals surface area contributed by atoms with Crippen molar-refractivity contribution in [2.45, 2.75) is 26.2 Å². The van der Waals surface area contributed by atoms with Gasteiger partial charge in [-0.05, 0) is 12.1 Å². The predicted octanol–water partition coefficient (Wildman–Crippen LogP) is 1.31. The van der Waals surface area contributed by atoms with Crippen LogP contribution in [0.3, 0.4) is 0 Å². The number of hydrogen-bond acceptors (Lipinski definition) is 4. The second kappa shape index (κ2) is 6.72. The molecule has 0 spiro atoms. The molecule has 0 aliphatic carbocycles. The van der Waals surface area contributed by atoms with E-state index in [1.807, 2.05) is 20.8 Å². The van der Waals surface area contributed by atoms with E-state index < -0.39 is 10.0 Å². The average Bonchev–Trinajstić information content (AvgIpc) is 2.31. The summed E-state index contributed by atoms with van der Waals surface area (Å²) in [5.74, 6) is -0.319. The molecule has 1 heterocycles. The topological polar surface area (TPSA) is 88.2 Å². The maximum absolute atomic E-state index is 12.0. The highest BCUT2D eigenvalue weighted by molar-refractivity contribution is 7.88. The van der Waals surface area contributed by atoms with E-state index in [0.29, 0.717) is 5.56 Å². The van der Waals surface area contributed by atoms with E-state index in [9.17, 15) is 13.2 Å². The van der Waals surface area contributed by atoms with Crippen LogP contribution in [0.2, 0.25) is 5.15 Å². The van der Waals surface area contributed by atoms with Crippen LogP contribution in [0.4, 0.5) is 0 Å². The number of carbonyl (C=O) groups is 1. The lowest BCUT2D eigenvalue weighted by Crippen LogP contribution is -2.34. The fourth-order valence-corrected chi connectivity index (χ4v) is 2.21. The summed E-state index contributed by atoms with van der Waals surface area (Å²) in [7, 11) is -3.25. The number of aromatic nitrogens is 1. The molecule has 0 radical (unpaired) electrons. The quantitative estimate of drug-likeness (QED) is 0.628. The van der Waals surface area contributed by atoms with Crippen LogP contribution in [0.5, 0.6) is 0 Å². The lowest BCUT2D eigenvalue weighted by atomic mass is 9.91. The van der Waals surface area contributed by atoms with Crippen molar-refractivity contribution in [3.63, 3.8) is 0 Å². The molecule has 21 heavy (non-hydrogen) atoms. The summed E-state index contributed by atoms with van der Waals surface area (Å²) in [5.41, 5.74) is 0.895. The standard InChI is InChI=1S/C13H20ClN3O3S/c1-13(2,3)10-7-9(8-11(14)17-10)12(18)15-5-6-16-21(4,19)20/h7-8,16H,5-6H2,1-4H3,(H,15,18). The molecule has 0 aliphatic rings. The highest BCUT2D eigenvalue weighted by atomic mass is 35.5. The Balaban J connectivity index is 2.73. The molecule has 0 aliphatic heterocycles. The van der Waals surface area contributed by atoms with Crippen molar-refractivity contribution in [2.24, 2.45) is 0 Å². The molecule has 0 unspecified atom stereocenters. The number of amides is 1. The van der Waals surface area contributed by atoms with E-state index in [2.05, 4.69) is 15.0 Å². The van der Waals surface area contributed by atoms with Gasteiger partial charge in [0.05, 0.1) is 6.26 Å².